The van der Waals surface area contributed by atoms with E-state index in [1.807, 2.05) is 13.8 Å². The molecule has 1 aromatic carbocycles. The number of aliphatic hydroxyl groups excluding tert-OH is 2. The normalized spacial score (nSPS) is 25.9. The van der Waals surface area contributed by atoms with Crippen LogP contribution < -0.4 is 15.1 Å². The van der Waals surface area contributed by atoms with E-state index in [9.17, 15) is 15.0 Å². The van der Waals surface area contributed by atoms with Gasteiger partial charge in [-0.15, -0.1) is 0 Å². The lowest BCUT2D eigenvalue weighted by Gasteiger charge is -2.41. The van der Waals surface area contributed by atoms with Gasteiger partial charge in [0.05, 0.1) is 17.6 Å². The number of aryl methyl sites for hydroxylation is 1. The summed E-state index contributed by atoms with van der Waals surface area (Å²) in [6.07, 6.45) is -1.23. The minimum atomic E-state index is -1.21. The third-order valence-electron chi connectivity index (χ3n) is 5.71. The van der Waals surface area contributed by atoms with Crippen LogP contribution in [0.2, 0.25) is 0 Å². The van der Waals surface area contributed by atoms with Crippen molar-refractivity contribution in [2.75, 3.05) is 6.61 Å². The summed E-state index contributed by atoms with van der Waals surface area (Å²) in [5.74, 6) is 0.521. The molecule has 1 aliphatic heterocycles. The highest BCUT2D eigenvalue weighted by Gasteiger charge is 2.42. The van der Waals surface area contributed by atoms with Gasteiger partial charge in [-0.05, 0) is 38.0 Å². The van der Waals surface area contributed by atoms with Gasteiger partial charge >= 0.3 is 5.63 Å². The molecule has 1 unspecified atom stereocenters. The van der Waals surface area contributed by atoms with Crippen LogP contribution in [0.5, 0.6) is 11.5 Å². The molecule has 2 aromatic rings. The van der Waals surface area contributed by atoms with Crippen LogP contribution in [0.3, 0.4) is 0 Å². The second-order valence-electron chi connectivity index (χ2n) is 7.95. The molecular formula is C24H30O7. The molecule has 0 spiro atoms. The first-order valence-electron chi connectivity index (χ1n) is 10.4. The number of rotatable bonds is 7. The fourth-order valence-electron chi connectivity index (χ4n) is 3.90. The number of hydrogen-bond donors (Lipinski definition) is 2. The Morgan fingerprint density at radius 1 is 1.29 bits per heavy atom. The molecule has 3 rings (SSSR count). The molecule has 1 saturated heterocycles. The van der Waals surface area contributed by atoms with Crippen molar-refractivity contribution in [2.24, 2.45) is 5.92 Å². The Kier molecular flexibility index (Phi) is 6.89. The monoisotopic (exact) mass is 430 g/mol. The third-order valence-corrected chi connectivity index (χ3v) is 5.71. The second kappa shape index (κ2) is 9.26. The highest BCUT2D eigenvalue weighted by molar-refractivity contribution is 5.91. The van der Waals surface area contributed by atoms with Gasteiger partial charge in [-0.2, -0.15) is 0 Å². The summed E-state index contributed by atoms with van der Waals surface area (Å²) in [7, 11) is 0. The van der Waals surface area contributed by atoms with Crippen LogP contribution in [0, 0.1) is 12.8 Å². The molecule has 2 N–H and O–H groups in total. The van der Waals surface area contributed by atoms with Crippen LogP contribution in [0.15, 0.2) is 40.6 Å². The van der Waals surface area contributed by atoms with Crippen molar-refractivity contribution in [2.45, 2.75) is 58.7 Å². The Bertz CT molecular complexity index is 1040. The lowest BCUT2D eigenvalue weighted by atomic mass is 9.89. The van der Waals surface area contributed by atoms with Crippen molar-refractivity contribution in [1.82, 2.24) is 0 Å². The fourth-order valence-corrected chi connectivity index (χ4v) is 3.90. The number of benzene rings is 1. The largest absolute Gasteiger partial charge is 0.488 e. The average Bonchev–Trinajstić information content (AvgIpc) is 2.73. The van der Waals surface area contributed by atoms with E-state index in [0.29, 0.717) is 40.0 Å². The van der Waals surface area contributed by atoms with Crippen LogP contribution in [-0.4, -0.2) is 41.4 Å². The van der Waals surface area contributed by atoms with Crippen molar-refractivity contribution in [3.05, 3.63) is 52.9 Å². The first-order valence-corrected chi connectivity index (χ1v) is 10.4. The van der Waals surface area contributed by atoms with Crippen molar-refractivity contribution >= 4 is 16.5 Å². The SMILES string of the molecule is C=CCOc1c(C(=C)C)c(=O)oc2c(C)c(OC3O[C@@H](CC)[C@H](C)[C@@H](O)[C@H]3O)ccc12. The maximum absolute atomic E-state index is 12.7. The van der Waals surface area contributed by atoms with E-state index in [4.69, 9.17) is 18.6 Å². The number of ether oxygens (including phenoxy) is 3. The minimum absolute atomic E-state index is 0.215. The lowest BCUT2D eigenvalue weighted by molar-refractivity contribution is -0.255. The Morgan fingerprint density at radius 3 is 2.61 bits per heavy atom. The van der Waals surface area contributed by atoms with Gasteiger partial charge in [-0.25, -0.2) is 4.79 Å². The van der Waals surface area contributed by atoms with E-state index < -0.39 is 24.1 Å². The highest BCUT2D eigenvalue weighted by atomic mass is 16.7. The van der Waals surface area contributed by atoms with E-state index in [1.165, 1.54) is 0 Å². The van der Waals surface area contributed by atoms with Gasteiger partial charge in [0.15, 0.2) is 0 Å². The van der Waals surface area contributed by atoms with Crippen molar-refractivity contribution in [1.29, 1.82) is 0 Å². The number of aliphatic hydroxyl groups is 2. The molecule has 1 aromatic heterocycles. The molecule has 1 aliphatic rings. The topological polar surface area (TPSA) is 98.4 Å². The average molecular weight is 430 g/mol. The van der Waals surface area contributed by atoms with E-state index in [0.717, 1.165) is 0 Å². The van der Waals surface area contributed by atoms with Crippen molar-refractivity contribution in [3.8, 4) is 11.5 Å². The Balaban J connectivity index is 2.05. The Hall–Kier alpha value is -2.61. The molecule has 0 saturated carbocycles. The summed E-state index contributed by atoms with van der Waals surface area (Å²) >= 11 is 0. The number of allylic oxidation sites excluding steroid dienone is 1. The minimum Gasteiger partial charge on any atom is -0.488 e. The molecule has 0 aliphatic carbocycles. The first kappa shape index (κ1) is 23.1. The van der Waals surface area contributed by atoms with Gasteiger partial charge in [0.1, 0.15) is 35.4 Å². The Labute approximate surface area is 181 Å². The number of fused-ring (bicyclic) bond motifs is 1. The molecule has 0 bridgehead atoms. The van der Waals surface area contributed by atoms with Crippen molar-refractivity contribution < 1.29 is 28.8 Å². The summed E-state index contributed by atoms with van der Waals surface area (Å²) in [6, 6.07) is 3.42. The molecule has 0 amide bonds. The molecule has 7 heteroatoms. The Morgan fingerprint density at radius 2 is 2.00 bits per heavy atom. The van der Waals surface area contributed by atoms with Crippen LogP contribution in [0.4, 0.5) is 0 Å². The predicted molar refractivity (Wildman–Crippen MR) is 118 cm³/mol. The van der Waals surface area contributed by atoms with Gasteiger partial charge in [0.25, 0.3) is 0 Å². The zero-order valence-electron chi connectivity index (χ0n) is 18.4. The zero-order chi connectivity index (χ0) is 22.9. The van der Waals surface area contributed by atoms with Crippen LogP contribution in [0.25, 0.3) is 16.5 Å². The van der Waals surface area contributed by atoms with E-state index in [1.54, 1.807) is 32.1 Å². The van der Waals surface area contributed by atoms with Gasteiger partial charge in [0, 0.05) is 11.5 Å². The summed E-state index contributed by atoms with van der Waals surface area (Å²) in [5, 5.41) is 21.4. The van der Waals surface area contributed by atoms with E-state index in [-0.39, 0.29) is 24.2 Å². The first-order chi connectivity index (χ1) is 14.7. The maximum Gasteiger partial charge on any atom is 0.347 e. The molecule has 5 atom stereocenters. The van der Waals surface area contributed by atoms with Gasteiger partial charge in [-0.3, -0.25) is 0 Å². The molecule has 1 fully saturated rings. The zero-order valence-corrected chi connectivity index (χ0v) is 18.4. The second-order valence-corrected chi connectivity index (χ2v) is 7.95. The predicted octanol–water partition coefficient (Wildman–Crippen LogP) is 3.57. The highest BCUT2D eigenvalue weighted by Crippen LogP contribution is 2.37. The van der Waals surface area contributed by atoms with Crippen molar-refractivity contribution in [3.63, 3.8) is 0 Å². The molecule has 31 heavy (non-hydrogen) atoms. The molecule has 168 valence electrons. The quantitative estimate of drug-likeness (QED) is 0.512. The van der Waals surface area contributed by atoms with Crippen LogP contribution >= 0.6 is 0 Å². The van der Waals surface area contributed by atoms with E-state index >= 15 is 0 Å². The number of hydrogen-bond acceptors (Lipinski definition) is 7. The van der Waals surface area contributed by atoms with Crippen LogP contribution in [-0.2, 0) is 4.74 Å². The van der Waals surface area contributed by atoms with E-state index in [2.05, 4.69) is 13.2 Å². The molecular weight excluding hydrogens is 400 g/mol. The summed E-state index contributed by atoms with van der Waals surface area (Å²) in [4.78, 5) is 12.7. The lowest BCUT2D eigenvalue weighted by Crippen LogP contribution is -2.55. The molecule has 2 heterocycles. The summed E-state index contributed by atoms with van der Waals surface area (Å²) in [6.45, 7) is 15.0. The molecule has 0 radical (unpaired) electrons. The summed E-state index contributed by atoms with van der Waals surface area (Å²) in [5.41, 5.74) is 1.08. The third kappa shape index (κ3) is 4.26. The molecule has 7 nitrogen and oxygen atoms in total. The maximum atomic E-state index is 12.7. The fraction of sp³-hybridized carbons (Fsp3) is 0.458. The van der Waals surface area contributed by atoms with Gasteiger partial charge < -0.3 is 28.8 Å². The van der Waals surface area contributed by atoms with Gasteiger partial charge in [-0.1, -0.05) is 33.1 Å². The smallest absolute Gasteiger partial charge is 0.347 e. The van der Waals surface area contributed by atoms with Crippen LogP contribution in [0.1, 0.15) is 38.3 Å². The standard InChI is InChI=1S/C24H30O7/c1-7-11-28-22-15-9-10-17(14(6)21(15)31-23(27)18(22)12(3)4)30-24-20(26)19(25)13(5)16(8-2)29-24/h7,9-10,13,16,19-20,24-26H,1,3,8,11H2,2,4-6H3/t13-,16-,19+,20+,24?/m0/s1. The van der Waals surface area contributed by atoms with Gasteiger partial charge in [0.2, 0.25) is 6.29 Å². The summed E-state index contributed by atoms with van der Waals surface area (Å²) < 4.78 is 23.2.